The van der Waals surface area contributed by atoms with Crippen LogP contribution < -0.4 is 11.1 Å². The lowest BCUT2D eigenvalue weighted by atomic mass is 10.1. The molecule has 1 aromatic carbocycles. The second kappa shape index (κ2) is 8.73. The fourth-order valence-corrected chi connectivity index (χ4v) is 1.84. The van der Waals surface area contributed by atoms with Gasteiger partial charge in [-0.1, -0.05) is 12.1 Å². The van der Waals surface area contributed by atoms with E-state index in [1.54, 1.807) is 6.92 Å². The van der Waals surface area contributed by atoms with Crippen LogP contribution in [-0.4, -0.2) is 35.8 Å². The number of hydrogen-bond donors (Lipinski definition) is 2. The minimum atomic E-state index is -4.57. The maximum Gasteiger partial charge on any atom is 0.418 e. The number of nitrogens with zero attached hydrogens (tertiary/aromatic N) is 1. The van der Waals surface area contributed by atoms with Gasteiger partial charge in [0, 0.05) is 6.54 Å². The van der Waals surface area contributed by atoms with Crippen LogP contribution in [0.5, 0.6) is 0 Å². The van der Waals surface area contributed by atoms with Gasteiger partial charge in [-0.05, 0) is 26.0 Å². The molecule has 0 aliphatic rings. The molecule has 0 fully saturated rings. The van der Waals surface area contributed by atoms with E-state index >= 15 is 0 Å². The Morgan fingerprint density at radius 3 is 2.35 bits per heavy atom. The molecule has 9 heteroatoms. The molecular weight excluding hydrogens is 335 g/mol. The summed E-state index contributed by atoms with van der Waals surface area (Å²) in [5.41, 5.74) is 4.17. The van der Waals surface area contributed by atoms with E-state index in [2.05, 4.69) is 5.32 Å². The van der Waals surface area contributed by atoms with Gasteiger partial charge in [0.1, 0.15) is 0 Å². The second-order valence-corrected chi connectivity index (χ2v) is 4.73. The number of nitrogens with one attached hydrogen (secondary N) is 1. The molecule has 0 aromatic heterocycles. The molecule has 0 heterocycles. The highest BCUT2D eigenvalue weighted by Gasteiger charge is 2.33. The minimum Gasteiger partial charge on any atom is -0.332 e. The van der Waals surface area contributed by atoms with Gasteiger partial charge >= 0.3 is 6.18 Å². The van der Waals surface area contributed by atoms with E-state index in [-0.39, 0.29) is 31.2 Å². The molecular formula is C14H19ClF3N3O2. The average Bonchev–Trinajstić information content (AvgIpc) is 2.43. The zero-order valence-corrected chi connectivity index (χ0v) is 13.5. The number of para-hydroxylation sites is 1. The Bertz CT molecular complexity index is 550. The Kier molecular flexibility index (Phi) is 8.05. The summed E-state index contributed by atoms with van der Waals surface area (Å²) in [6.07, 6.45) is -4.57. The third-order valence-corrected chi connectivity index (χ3v) is 2.92. The fourth-order valence-electron chi connectivity index (χ4n) is 1.84. The first kappa shape index (κ1) is 21.2. The molecule has 130 valence electrons. The van der Waals surface area contributed by atoms with E-state index < -0.39 is 29.6 Å². The van der Waals surface area contributed by atoms with Crippen LogP contribution in [0.4, 0.5) is 18.9 Å². The number of amides is 2. The van der Waals surface area contributed by atoms with Gasteiger partial charge in [0.05, 0.1) is 23.8 Å². The quantitative estimate of drug-likeness (QED) is 0.852. The van der Waals surface area contributed by atoms with Crippen LogP contribution in [0, 0.1) is 0 Å². The lowest BCUT2D eigenvalue weighted by Crippen LogP contribution is -2.45. The highest BCUT2D eigenvalue weighted by molar-refractivity contribution is 5.95. The summed E-state index contributed by atoms with van der Waals surface area (Å²) < 4.78 is 38.5. The number of likely N-dealkylation sites (N-methyl/N-ethyl adjacent to an activating group) is 1. The summed E-state index contributed by atoms with van der Waals surface area (Å²) in [6, 6.07) is 3.87. The highest BCUT2D eigenvalue weighted by Crippen LogP contribution is 2.34. The van der Waals surface area contributed by atoms with Gasteiger partial charge < -0.3 is 16.0 Å². The SMILES string of the molecule is CCN(CC(=O)Nc1ccccc1C(F)(F)F)C(=O)C(C)N.Cl. The van der Waals surface area contributed by atoms with Crippen LogP contribution in [0.25, 0.3) is 0 Å². The van der Waals surface area contributed by atoms with Crippen molar-refractivity contribution < 1.29 is 22.8 Å². The molecule has 0 spiro atoms. The molecule has 1 atom stereocenters. The van der Waals surface area contributed by atoms with Crippen molar-refractivity contribution in [2.75, 3.05) is 18.4 Å². The first-order chi connectivity index (χ1) is 10.2. The lowest BCUT2D eigenvalue weighted by molar-refractivity contribution is -0.137. The van der Waals surface area contributed by atoms with Crippen LogP contribution in [0.1, 0.15) is 19.4 Å². The van der Waals surface area contributed by atoms with Crippen LogP contribution in [-0.2, 0) is 15.8 Å². The number of anilines is 1. The third kappa shape index (κ3) is 6.07. The van der Waals surface area contributed by atoms with Crippen molar-refractivity contribution in [3.63, 3.8) is 0 Å². The van der Waals surface area contributed by atoms with E-state index in [9.17, 15) is 22.8 Å². The predicted octanol–water partition coefficient (Wildman–Crippen LogP) is 2.26. The van der Waals surface area contributed by atoms with Gasteiger partial charge in [-0.15, -0.1) is 12.4 Å². The van der Waals surface area contributed by atoms with Gasteiger partial charge in [0.2, 0.25) is 11.8 Å². The van der Waals surface area contributed by atoms with E-state index in [0.717, 1.165) is 12.1 Å². The van der Waals surface area contributed by atoms with Gasteiger partial charge in [0.15, 0.2) is 0 Å². The molecule has 1 unspecified atom stereocenters. The Morgan fingerprint density at radius 1 is 1.30 bits per heavy atom. The van der Waals surface area contributed by atoms with Gasteiger partial charge in [-0.3, -0.25) is 9.59 Å². The van der Waals surface area contributed by atoms with E-state index in [4.69, 9.17) is 5.73 Å². The summed E-state index contributed by atoms with van der Waals surface area (Å²) in [5, 5.41) is 2.18. The Hall–Kier alpha value is -1.80. The Morgan fingerprint density at radius 2 is 1.87 bits per heavy atom. The van der Waals surface area contributed by atoms with Crippen molar-refractivity contribution in [1.82, 2.24) is 4.90 Å². The number of alkyl halides is 3. The molecule has 0 radical (unpaired) electrons. The lowest BCUT2D eigenvalue weighted by Gasteiger charge is -2.22. The minimum absolute atomic E-state index is 0. The van der Waals surface area contributed by atoms with E-state index in [1.807, 2.05) is 0 Å². The molecule has 0 bridgehead atoms. The number of carbonyl (C=O) groups is 2. The van der Waals surface area contributed by atoms with Crippen LogP contribution in [0.15, 0.2) is 24.3 Å². The topological polar surface area (TPSA) is 75.4 Å². The number of benzene rings is 1. The number of carbonyl (C=O) groups excluding carboxylic acids is 2. The average molecular weight is 354 g/mol. The number of hydrogen-bond acceptors (Lipinski definition) is 3. The van der Waals surface area contributed by atoms with E-state index in [1.165, 1.54) is 24.0 Å². The molecule has 0 aliphatic heterocycles. The second-order valence-electron chi connectivity index (χ2n) is 4.73. The van der Waals surface area contributed by atoms with Crippen molar-refractivity contribution >= 4 is 29.9 Å². The van der Waals surface area contributed by atoms with Crippen LogP contribution >= 0.6 is 12.4 Å². The monoisotopic (exact) mass is 353 g/mol. The third-order valence-electron chi connectivity index (χ3n) is 2.92. The molecule has 0 saturated carbocycles. The standard InChI is InChI=1S/C14H18F3N3O2.ClH/c1-3-20(13(22)9(2)18)8-12(21)19-11-7-5-4-6-10(11)14(15,16)17;/h4-7,9H,3,8,18H2,1-2H3,(H,19,21);1H. The Labute approximate surface area is 138 Å². The Balaban J connectivity index is 0.00000484. The summed E-state index contributed by atoms with van der Waals surface area (Å²) in [4.78, 5) is 24.8. The molecule has 1 aromatic rings. The van der Waals surface area contributed by atoms with Crippen molar-refractivity contribution in [1.29, 1.82) is 0 Å². The normalized spacial score (nSPS) is 12.1. The van der Waals surface area contributed by atoms with Crippen LogP contribution in [0.3, 0.4) is 0 Å². The number of nitrogens with two attached hydrogens (primary N) is 1. The van der Waals surface area contributed by atoms with Crippen LogP contribution in [0.2, 0.25) is 0 Å². The maximum atomic E-state index is 12.8. The van der Waals surface area contributed by atoms with Gasteiger partial charge in [0.25, 0.3) is 0 Å². The first-order valence-electron chi connectivity index (χ1n) is 6.67. The van der Waals surface area contributed by atoms with Crippen molar-refractivity contribution in [2.45, 2.75) is 26.1 Å². The zero-order chi connectivity index (χ0) is 16.9. The molecule has 2 amide bonds. The molecule has 0 aliphatic carbocycles. The molecule has 23 heavy (non-hydrogen) atoms. The zero-order valence-electron chi connectivity index (χ0n) is 12.7. The summed E-state index contributed by atoms with van der Waals surface area (Å²) in [7, 11) is 0. The highest BCUT2D eigenvalue weighted by atomic mass is 35.5. The van der Waals surface area contributed by atoms with E-state index in [0.29, 0.717) is 0 Å². The van der Waals surface area contributed by atoms with Gasteiger partial charge in [-0.25, -0.2) is 0 Å². The largest absolute Gasteiger partial charge is 0.418 e. The maximum absolute atomic E-state index is 12.8. The summed E-state index contributed by atoms with van der Waals surface area (Å²) in [5.74, 6) is -1.16. The first-order valence-corrected chi connectivity index (χ1v) is 6.67. The van der Waals surface area contributed by atoms with Crippen molar-refractivity contribution in [3.05, 3.63) is 29.8 Å². The molecule has 0 saturated heterocycles. The molecule has 1 rings (SSSR count). The van der Waals surface area contributed by atoms with Gasteiger partial charge in [-0.2, -0.15) is 13.2 Å². The number of halogens is 4. The fraction of sp³-hybridized carbons (Fsp3) is 0.429. The molecule has 3 N–H and O–H groups in total. The number of rotatable bonds is 5. The molecule has 5 nitrogen and oxygen atoms in total. The predicted molar refractivity (Wildman–Crippen MR) is 83.2 cm³/mol. The summed E-state index contributed by atoms with van der Waals surface area (Å²) in [6.45, 7) is 3.00. The summed E-state index contributed by atoms with van der Waals surface area (Å²) >= 11 is 0. The van der Waals surface area contributed by atoms with Crippen molar-refractivity contribution in [2.24, 2.45) is 5.73 Å². The van der Waals surface area contributed by atoms with Crippen molar-refractivity contribution in [3.8, 4) is 0 Å². The smallest absolute Gasteiger partial charge is 0.332 e.